The maximum Gasteiger partial charge on any atom is 0.338 e. The Labute approximate surface area is 188 Å². The smallest absolute Gasteiger partial charge is 0.338 e. The number of nitrogens with zero attached hydrogens (tertiary/aromatic N) is 2. The molecule has 6 heteroatoms. The second-order valence-corrected chi connectivity index (χ2v) is 7.80. The number of ether oxygens (including phenoxy) is 2. The third-order valence-corrected chi connectivity index (χ3v) is 5.73. The van der Waals surface area contributed by atoms with E-state index in [1.807, 2.05) is 42.5 Å². The van der Waals surface area contributed by atoms with Crippen molar-refractivity contribution in [1.29, 1.82) is 0 Å². The Morgan fingerprint density at radius 3 is 2.19 bits per heavy atom. The third-order valence-electron chi connectivity index (χ3n) is 5.73. The van der Waals surface area contributed by atoms with Crippen molar-refractivity contribution in [2.24, 2.45) is 0 Å². The molecule has 0 radical (unpaired) electrons. The summed E-state index contributed by atoms with van der Waals surface area (Å²) in [7, 11) is 1.67. The lowest BCUT2D eigenvalue weighted by atomic mass is 10.1. The molecular formula is C26H27FN2O3. The first-order chi connectivity index (χ1) is 15.6. The molecule has 0 N–H and O–H groups in total. The van der Waals surface area contributed by atoms with E-state index in [1.54, 1.807) is 7.11 Å². The van der Waals surface area contributed by atoms with Gasteiger partial charge in [0.15, 0.2) is 0 Å². The van der Waals surface area contributed by atoms with Gasteiger partial charge in [-0.15, -0.1) is 0 Å². The van der Waals surface area contributed by atoms with E-state index in [1.165, 1.54) is 30.0 Å². The minimum atomic E-state index is -0.448. The van der Waals surface area contributed by atoms with Crippen molar-refractivity contribution < 1.29 is 18.7 Å². The monoisotopic (exact) mass is 434 g/mol. The summed E-state index contributed by atoms with van der Waals surface area (Å²) in [5.41, 5.74) is 2.46. The number of carbonyl (C=O) groups is 1. The number of hydrogen-bond acceptors (Lipinski definition) is 5. The second-order valence-electron chi connectivity index (χ2n) is 7.80. The Bertz CT molecular complexity index is 1000. The fourth-order valence-electron chi connectivity index (χ4n) is 3.88. The molecule has 1 atom stereocenters. The van der Waals surface area contributed by atoms with Gasteiger partial charge >= 0.3 is 5.97 Å². The van der Waals surface area contributed by atoms with Crippen LogP contribution in [0.3, 0.4) is 0 Å². The predicted molar refractivity (Wildman–Crippen MR) is 123 cm³/mol. The van der Waals surface area contributed by atoms with Gasteiger partial charge in [-0.05, 0) is 54.1 Å². The van der Waals surface area contributed by atoms with E-state index < -0.39 is 12.1 Å². The standard InChI is InChI=1S/C26H27FN2O3/c1-31-24-13-11-23(12-14-24)29-17-15-28(16-18-29)19-25(20-5-3-2-4-6-20)32-26(30)21-7-9-22(27)10-8-21/h2-14,25H,15-19H2,1H3. The van der Waals surface area contributed by atoms with Gasteiger partial charge in [-0.25, -0.2) is 9.18 Å². The van der Waals surface area contributed by atoms with Crippen LogP contribution in [0.4, 0.5) is 10.1 Å². The summed E-state index contributed by atoms with van der Waals surface area (Å²) < 4.78 is 24.3. The molecule has 166 valence electrons. The van der Waals surface area contributed by atoms with Crippen molar-refractivity contribution in [3.63, 3.8) is 0 Å². The van der Waals surface area contributed by atoms with Crippen molar-refractivity contribution in [3.8, 4) is 5.75 Å². The molecule has 0 aliphatic carbocycles. The number of piperazine rings is 1. The Morgan fingerprint density at radius 2 is 1.56 bits per heavy atom. The van der Waals surface area contributed by atoms with Gasteiger partial charge in [0.05, 0.1) is 12.7 Å². The maximum atomic E-state index is 13.2. The summed E-state index contributed by atoms with van der Waals surface area (Å²) in [6.45, 7) is 4.11. The molecule has 3 aromatic rings. The number of halogens is 1. The molecule has 1 fully saturated rings. The van der Waals surface area contributed by atoms with E-state index in [-0.39, 0.29) is 5.82 Å². The average molecular weight is 435 g/mol. The van der Waals surface area contributed by atoms with E-state index >= 15 is 0 Å². The molecule has 0 saturated carbocycles. The van der Waals surface area contributed by atoms with Gasteiger partial charge in [0.1, 0.15) is 17.7 Å². The molecule has 0 amide bonds. The normalized spacial score (nSPS) is 15.2. The van der Waals surface area contributed by atoms with Crippen molar-refractivity contribution in [2.45, 2.75) is 6.10 Å². The van der Waals surface area contributed by atoms with Gasteiger partial charge in [0.25, 0.3) is 0 Å². The number of anilines is 1. The van der Waals surface area contributed by atoms with Gasteiger partial charge in [0, 0.05) is 38.4 Å². The van der Waals surface area contributed by atoms with E-state index in [9.17, 15) is 9.18 Å². The summed E-state index contributed by atoms with van der Waals surface area (Å²) in [5.74, 6) is 0.0210. The Morgan fingerprint density at radius 1 is 0.906 bits per heavy atom. The minimum absolute atomic E-state index is 0.344. The molecule has 1 heterocycles. The second kappa shape index (κ2) is 10.3. The highest BCUT2D eigenvalue weighted by Gasteiger charge is 2.24. The van der Waals surface area contributed by atoms with Gasteiger partial charge in [-0.3, -0.25) is 4.90 Å². The quantitative estimate of drug-likeness (QED) is 0.510. The van der Waals surface area contributed by atoms with Crippen LogP contribution < -0.4 is 9.64 Å². The Kier molecular flexibility index (Phi) is 7.02. The van der Waals surface area contributed by atoms with Crippen LogP contribution in [0.1, 0.15) is 22.0 Å². The Hall–Kier alpha value is -3.38. The zero-order valence-electron chi connectivity index (χ0n) is 18.1. The summed E-state index contributed by atoms with van der Waals surface area (Å²) in [6.07, 6.45) is -0.402. The first kappa shape index (κ1) is 21.8. The lowest BCUT2D eigenvalue weighted by Gasteiger charge is -2.37. The summed E-state index contributed by atoms with van der Waals surface area (Å²) in [4.78, 5) is 17.3. The lowest BCUT2D eigenvalue weighted by Crippen LogP contribution is -2.47. The highest BCUT2D eigenvalue weighted by atomic mass is 19.1. The SMILES string of the molecule is COc1ccc(N2CCN(CC(OC(=O)c3ccc(F)cc3)c3ccccc3)CC2)cc1. The van der Waals surface area contributed by atoms with Gasteiger partial charge in [0.2, 0.25) is 0 Å². The number of rotatable bonds is 7. The molecule has 1 aliphatic rings. The van der Waals surface area contributed by atoms with Crippen molar-refractivity contribution in [1.82, 2.24) is 4.90 Å². The number of carbonyl (C=O) groups excluding carboxylic acids is 1. The van der Waals surface area contributed by atoms with Crippen molar-refractivity contribution >= 4 is 11.7 Å². The number of benzene rings is 3. The minimum Gasteiger partial charge on any atom is -0.497 e. The van der Waals surface area contributed by atoms with Gasteiger partial charge in [-0.1, -0.05) is 30.3 Å². The maximum absolute atomic E-state index is 13.2. The summed E-state index contributed by atoms with van der Waals surface area (Å²) in [5, 5.41) is 0. The predicted octanol–water partition coefficient (Wildman–Crippen LogP) is 4.55. The summed E-state index contributed by atoms with van der Waals surface area (Å²) >= 11 is 0. The molecule has 0 bridgehead atoms. The zero-order chi connectivity index (χ0) is 22.3. The van der Waals surface area contributed by atoms with E-state index in [0.717, 1.165) is 37.5 Å². The van der Waals surface area contributed by atoms with Crippen LogP contribution in [0.15, 0.2) is 78.9 Å². The molecule has 32 heavy (non-hydrogen) atoms. The highest BCUT2D eigenvalue weighted by molar-refractivity contribution is 5.89. The Balaban J connectivity index is 1.40. The zero-order valence-corrected chi connectivity index (χ0v) is 18.1. The summed E-state index contributed by atoms with van der Waals surface area (Å²) in [6, 6.07) is 23.3. The van der Waals surface area contributed by atoms with Gasteiger partial charge < -0.3 is 14.4 Å². The fourth-order valence-corrected chi connectivity index (χ4v) is 3.88. The highest BCUT2D eigenvalue weighted by Crippen LogP contribution is 2.24. The average Bonchev–Trinajstić information content (AvgIpc) is 2.85. The molecule has 0 spiro atoms. The lowest BCUT2D eigenvalue weighted by molar-refractivity contribution is 0.0190. The van der Waals surface area contributed by atoms with Crippen LogP contribution in [0.2, 0.25) is 0 Å². The third kappa shape index (κ3) is 5.45. The van der Waals surface area contributed by atoms with Crippen LogP contribution in [-0.2, 0) is 4.74 Å². The number of esters is 1. The van der Waals surface area contributed by atoms with Crippen LogP contribution in [0.25, 0.3) is 0 Å². The van der Waals surface area contributed by atoms with Crippen molar-refractivity contribution in [2.75, 3.05) is 44.7 Å². The fraction of sp³-hybridized carbons (Fsp3) is 0.269. The molecule has 4 rings (SSSR count). The first-order valence-corrected chi connectivity index (χ1v) is 10.8. The number of hydrogen-bond donors (Lipinski definition) is 0. The largest absolute Gasteiger partial charge is 0.497 e. The number of methoxy groups -OCH3 is 1. The van der Waals surface area contributed by atoms with Crippen LogP contribution >= 0.6 is 0 Å². The first-order valence-electron chi connectivity index (χ1n) is 10.8. The molecule has 3 aromatic carbocycles. The van der Waals surface area contributed by atoms with Crippen LogP contribution in [0, 0.1) is 5.82 Å². The van der Waals surface area contributed by atoms with E-state index in [4.69, 9.17) is 9.47 Å². The molecular weight excluding hydrogens is 407 g/mol. The van der Waals surface area contributed by atoms with E-state index in [2.05, 4.69) is 21.9 Å². The molecule has 1 unspecified atom stereocenters. The molecule has 5 nitrogen and oxygen atoms in total. The topological polar surface area (TPSA) is 42.0 Å². The molecule has 1 saturated heterocycles. The van der Waals surface area contributed by atoms with E-state index in [0.29, 0.717) is 12.1 Å². The van der Waals surface area contributed by atoms with Crippen molar-refractivity contribution in [3.05, 3.63) is 95.8 Å². The van der Waals surface area contributed by atoms with Crippen LogP contribution in [-0.4, -0.2) is 50.7 Å². The van der Waals surface area contributed by atoms with Crippen LogP contribution in [0.5, 0.6) is 5.75 Å². The van der Waals surface area contributed by atoms with Gasteiger partial charge in [-0.2, -0.15) is 0 Å². The molecule has 0 aromatic heterocycles. The molecule has 1 aliphatic heterocycles.